The third kappa shape index (κ3) is 6.18. The van der Waals surface area contributed by atoms with Gasteiger partial charge in [0, 0.05) is 19.4 Å². The van der Waals surface area contributed by atoms with Gasteiger partial charge in [0.25, 0.3) is 5.91 Å². The summed E-state index contributed by atoms with van der Waals surface area (Å²) in [4.78, 5) is 26.5. The summed E-state index contributed by atoms with van der Waals surface area (Å²) >= 11 is 0. The topological polar surface area (TPSA) is 88.5 Å². The molecule has 1 aromatic rings. The highest BCUT2D eigenvalue weighted by Gasteiger charge is 2.13. The van der Waals surface area contributed by atoms with Crippen molar-refractivity contribution in [3.05, 3.63) is 35.7 Å². The summed E-state index contributed by atoms with van der Waals surface area (Å²) in [6.45, 7) is 2.50. The molecule has 0 aromatic carbocycles. The zero-order chi connectivity index (χ0) is 15.7. The van der Waals surface area contributed by atoms with Crippen LogP contribution in [0.15, 0.2) is 24.4 Å². The minimum absolute atomic E-state index is 0.0408. The summed E-state index contributed by atoms with van der Waals surface area (Å²) in [5.41, 5.74) is 0.913. The average molecular weight is 292 g/mol. The van der Waals surface area contributed by atoms with Crippen LogP contribution in [-0.4, -0.2) is 41.7 Å². The first kappa shape index (κ1) is 16.8. The number of methoxy groups -OCH3 is 1. The Balaban J connectivity index is 2.67. The van der Waals surface area contributed by atoms with Gasteiger partial charge < -0.3 is 15.2 Å². The molecule has 0 saturated carbocycles. The number of carbonyl (C=O) groups is 2. The van der Waals surface area contributed by atoms with E-state index in [4.69, 9.17) is 9.84 Å². The number of carboxylic acid groups (broad SMARTS) is 1. The quantitative estimate of drug-likeness (QED) is 0.712. The Morgan fingerprint density at radius 1 is 1.48 bits per heavy atom. The van der Waals surface area contributed by atoms with Gasteiger partial charge in [-0.15, -0.1) is 0 Å². The van der Waals surface area contributed by atoms with Crippen molar-refractivity contribution < 1.29 is 19.4 Å². The van der Waals surface area contributed by atoms with Gasteiger partial charge in [0.1, 0.15) is 5.69 Å². The number of amides is 1. The molecule has 1 unspecified atom stereocenters. The van der Waals surface area contributed by atoms with Gasteiger partial charge in [0.15, 0.2) is 0 Å². The fourth-order valence-corrected chi connectivity index (χ4v) is 1.81. The number of pyridine rings is 1. The van der Waals surface area contributed by atoms with Crippen molar-refractivity contribution >= 4 is 18.0 Å². The Morgan fingerprint density at radius 2 is 2.24 bits per heavy atom. The lowest BCUT2D eigenvalue weighted by atomic mass is 10.1. The molecule has 0 bridgehead atoms. The van der Waals surface area contributed by atoms with E-state index in [2.05, 4.69) is 10.3 Å². The molecular formula is C15H20N2O4. The summed E-state index contributed by atoms with van der Waals surface area (Å²) < 4.78 is 5.07. The first-order valence-corrected chi connectivity index (χ1v) is 6.73. The number of aliphatic carboxylic acids is 1. The maximum Gasteiger partial charge on any atom is 0.328 e. The molecular weight excluding hydrogens is 272 g/mol. The molecule has 114 valence electrons. The van der Waals surface area contributed by atoms with Crippen LogP contribution in [0.25, 0.3) is 6.08 Å². The number of ether oxygens (including phenoxy) is 1. The van der Waals surface area contributed by atoms with E-state index in [0.717, 1.165) is 18.9 Å². The van der Waals surface area contributed by atoms with E-state index in [-0.39, 0.29) is 11.9 Å². The lowest BCUT2D eigenvalue weighted by Gasteiger charge is -2.16. The van der Waals surface area contributed by atoms with Crippen molar-refractivity contribution in [1.29, 1.82) is 0 Å². The van der Waals surface area contributed by atoms with Gasteiger partial charge in [-0.3, -0.25) is 9.78 Å². The minimum atomic E-state index is -1.03. The molecule has 2 N–H and O–H groups in total. The number of rotatable bonds is 8. The largest absolute Gasteiger partial charge is 0.478 e. The molecule has 1 heterocycles. The standard InChI is InChI=1S/C15H20N2O4/c1-3-4-12(10-21-2)17-15(20)13-7-5-11(9-16-13)6-8-14(18)19/h5-9,12H,3-4,10H2,1-2H3,(H,17,20)(H,18,19). The van der Waals surface area contributed by atoms with Crippen molar-refractivity contribution in [3.63, 3.8) is 0 Å². The van der Waals surface area contributed by atoms with Crippen LogP contribution in [0, 0.1) is 0 Å². The van der Waals surface area contributed by atoms with Crippen LogP contribution in [0.4, 0.5) is 0 Å². The predicted molar refractivity (Wildman–Crippen MR) is 78.9 cm³/mol. The van der Waals surface area contributed by atoms with Gasteiger partial charge in [-0.2, -0.15) is 0 Å². The summed E-state index contributed by atoms with van der Waals surface area (Å²) in [5.74, 6) is -1.29. The van der Waals surface area contributed by atoms with E-state index in [0.29, 0.717) is 17.9 Å². The molecule has 0 spiro atoms. The smallest absolute Gasteiger partial charge is 0.328 e. The van der Waals surface area contributed by atoms with Gasteiger partial charge >= 0.3 is 5.97 Å². The minimum Gasteiger partial charge on any atom is -0.478 e. The molecule has 0 saturated heterocycles. The van der Waals surface area contributed by atoms with E-state index in [9.17, 15) is 9.59 Å². The SMILES string of the molecule is CCCC(COC)NC(=O)c1ccc(C=CC(=O)O)cn1. The molecule has 1 aromatic heterocycles. The molecule has 1 rings (SSSR count). The van der Waals surface area contributed by atoms with E-state index < -0.39 is 5.97 Å². The number of aromatic nitrogens is 1. The van der Waals surface area contributed by atoms with Crippen LogP contribution in [0.5, 0.6) is 0 Å². The lowest BCUT2D eigenvalue weighted by Crippen LogP contribution is -2.38. The van der Waals surface area contributed by atoms with E-state index >= 15 is 0 Å². The zero-order valence-corrected chi connectivity index (χ0v) is 12.2. The summed E-state index contributed by atoms with van der Waals surface area (Å²) in [7, 11) is 1.59. The second-order valence-corrected chi connectivity index (χ2v) is 4.56. The van der Waals surface area contributed by atoms with E-state index in [1.807, 2.05) is 6.92 Å². The van der Waals surface area contributed by atoms with Gasteiger partial charge in [-0.25, -0.2) is 4.79 Å². The number of hydrogen-bond acceptors (Lipinski definition) is 4. The van der Waals surface area contributed by atoms with E-state index in [1.54, 1.807) is 19.2 Å². The van der Waals surface area contributed by atoms with Crippen molar-refractivity contribution in [1.82, 2.24) is 10.3 Å². The summed E-state index contributed by atoms with van der Waals surface area (Å²) in [5, 5.41) is 11.4. The van der Waals surface area contributed by atoms with Crippen LogP contribution in [0.1, 0.15) is 35.8 Å². The van der Waals surface area contributed by atoms with Crippen LogP contribution in [0.2, 0.25) is 0 Å². The third-order valence-corrected chi connectivity index (χ3v) is 2.78. The van der Waals surface area contributed by atoms with Crippen LogP contribution >= 0.6 is 0 Å². The maximum atomic E-state index is 12.0. The Bertz CT molecular complexity index is 491. The fourth-order valence-electron chi connectivity index (χ4n) is 1.81. The highest BCUT2D eigenvalue weighted by Crippen LogP contribution is 2.04. The van der Waals surface area contributed by atoms with Crippen molar-refractivity contribution in [2.75, 3.05) is 13.7 Å². The summed E-state index contributed by atoms with van der Waals surface area (Å²) in [6.07, 6.45) is 5.67. The van der Waals surface area contributed by atoms with Gasteiger partial charge in [0.2, 0.25) is 0 Å². The highest BCUT2D eigenvalue weighted by atomic mass is 16.5. The van der Waals surface area contributed by atoms with Crippen LogP contribution < -0.4 is 5.32 Å². The van der Waals surface area contributed by atoms with E-state index in [1.165, 1.54) is 12.3 Å². The second-order valence-electron chi connectivity index (χ2n) is 4.56. The van der Waals surface area contributed by atoms with Gasteiger partial charge in [0.05, 0.1) is 12.6 Å². The van der Waals surface area contributed by atoms with Crippen molar-refractivity contribution in [2.45, 2.75) is 25.8 Å². The fraction of sp³-hybridized carbons (Fsp3) is 0.400. The Labute approximate surface area is 123 Å². The normalized spacial score (nSPS) is 12.3. The molecule has 6 nitrogen and oxygen atoms in total. The number of nitrogens with zero attached hydrogens (tertiary/aromatic N) is 1. The molecule has 0 aliphatic rings. The molecule has 21 heavy (non-hydrogen) atoms. The first-order valence-electron chi connectivity index (χ1n) is 6.73. The molecule has 1 amide bonds. The predicted octanol–water partition coefficient (Wildman–Crippen LogP) is 1.72. The van der Waals surface area contributed by atoms with Crippen LogP contribution in [0.3, 0.4) is 0 Å². The van der Waals surface area contributed by atoms with Crippen LogP contribution in [-0.2, 0) is 9.53 Å². The zero-order valence-electron chi connectivity index (χ0n) is 12.2. The number of carboxylic acids is 1. The monoisotopic (exact) mass is 292 g/mol. The highest BCUT2D eigenvalue weighted by molar-refractivity contribution is 5.92. The number of nitrogens with one attached hydrogen (secondary N) is 1. The molecule has 0 aliphatic carbocycles. The Morgan fingerprint density at radius 3 is 2.76 bits per heavy atom. The second kappa shape index (κ2) is 8.86. The third-order valence-electron chi connectivity index (χ3n) is 2.78. The molecule has 0 fully saturated rings. The lowest BCUT2D eigenvalue weighted by molar-refractivity contribution is -0.131. The average Bonchev–Trinajstić information content (AvgIpc) is 2.46. The maximum absolute atomic E-state index is 12.0. The molecule has 6 heteroatoms. The molecule has 0 aliphatic heterocycles. The van der Waals surface area contributed by atoms with Crippen molar-refractivity contribution in [3.8, 4) is 0 Å². The first-order chi connectivity index (χ1) is 10.1. The summed E-state index contributed by atoms with van der Waals surface area (Å²) in [6, 6.07) is 3.17. The number of hydrogen-bond donors (Lipinski definition) is 2. The Hall–Kier alpha value is -2.21. The number of carbonyl (C=O) groups excluding carboxylic acids is 1. The van der Waals surface area contributed by atoms with Gasteiger partial charge in [-0.1, -0.05) is 19.4 Å². The van der Waals surface area contributed by atoms with Crippen molar-refractivity contribution in [2.24, 2.45) is 0 Å². The molecule has 1 atom stereocenters. The van der Waals surface area contributed by atoms with Gasteiger partial charge in [-0.05, 0) is 24.1 Å². The Kier molecular flexibility index (Phi) is 7.11. The molecule has 0 radical (unpaired) electrons.